The number of benzene rings is 1. The molecule has 112 valence electrons. The number of hydrogen-bond acceptors (Lipinski definition) is 1. The van der Waals surface area contributed by atoms with Gasteiger partial charge in [0.25, 0.3) is 0 Å². The largest absolute Gasteiger partial charge is 0.313 e. The van der Waals surface area contributed by atoms with Crippen molar-refractivity contribution in [3.05, 3.63) is 33.3 Å². The highest BCUT2D eigenvalue weighted by molar-refractivity contribution is 9.10. The third kappa shape index (κ3) is 3.46. The third-order valence-electron chi connectivity index (χ3n) is 5.07. The molecule has 0 amide bonds. The molecule has 0 aliphatic heterocycles. The highest BCUT2D eigenvalue weighted by Gasteiger charge is 2.27. The summed E-state index contributed by atoms with van der Waals surface area (Å²) in [4.78, 5) is 0. The smallest absolute Gasteiger partial charge is 0.0346 e. The minimum atomic E-state index is 0.512. The number of aryl methyl sites for hydroxylation is 2. The SMILES string of the molecule is CCC1CCC(C(NC)c2cc(C)c(Br)c(C)c2)CC1. The van der Waals surface area contributed by atoms with Crippen molar-refractivity contribution >= 4 is 15.9 Å². The molecule has 0 aromatic heterocycles. The van der Waals surface area contributed by atoms with Crippen LogP contribution < -0.4 is 5.32 Å². The van der Waals surface area contributed by atoms with Crippen LogP contribution in [0.1, 0.15) is 61.8 Å². The molecule has 0 spiro atoms. The minimum Gasteiger partial charge on any atom is -0.313 e. The van der Waals surface area contributed by atoms with Crippen molar-refractivity contribution in [2.24, 2.45) is 11.8 Å². The fraction of sp³-hybridized carbons (Fsp3) is 0.667. The van der Waals surface area contributed by atoms with Gasteiger partial charge in [-0.25, -0.2) is 0 Å². The molecule has 0 heterocycles. The fourth-order valence-corrected chi connectivity index (χ4v) is 3.99. The van der Waals surface area contributed by atoms with Gasteiger partial charge >= 0.3 is 0 Å². The molecule has 1 aliphatic rings. The van der Waals surface area contributed by atoms with Gasteiger partial charge in [-0.15, -0.1) is 0 Å². The van der Waals surface area contributed by atoms with Gasteiger partial charge in [0.05, 0.1) is 0 Å². The average Bonchev–Trinajstić information content (AvgIpc) is 2.46. The van der Waals surface area contributed by atoms with E-state index in [4.69, 9.17) is 0 Å². The first-order valence-electron chi connectivity index (χ1n) is 8.00. The van der Waals surface area contributed by atoms with Crippen molar-refractivity contribution in [3.8, 4) is 0 Å². The van der Waals surface area contributed by atoms with E-state index in [-0.39, 0.29) is 0 Å². The van der Waals surface area contributed by atoms with E-state index in [9.17, 15) is 0 Å². The monoisotopic (exact) mass is 337 g/mol. The van der Waals surface area contributed by atoms with Gasteiger partial charge in [-0.1, -0.05) is 54.2 Å². The van der Waals surface area contributed by atoms with Gasteiger partial charge in [-0.05, 0) is 62.3 Å². The summed E-state index contributed by atoms with van der Waals surface area (Å²) in [6, 6.07) is 5.22. The maximum atomic E-state index is 3.68. The van der Waals surface area contributed by atoms with E-state index in [1.165, 1.54) is 53.3 Å². The molecule has 1 nitrogen and oxygen atoms in total. The first kappa shape index (κ1) is 16.0. The summed E-state index contributed by atoms with van der Waals surface area (Å²) in [5.74, 6) is 1.76. The molecule has 1 fully saturated rings. The van der Waals surface area contributed by atoms with E-state index in [0.29, 0.717) is 6.04 Å². The lowest BCUT2D eigenvalue weighted by Crippen LogP contribution is -2.28. The lowest BCUT2D eigenvalue weighted by atomic mass is 9.76. The molecule has 1 atom stereocenters. The molecule has 1 aliphatic carbocycles. The maximum absolute atomic E-state index is 3.68. The quantitative estimate of drug-likeness (QED) is 0.760. The standard InChI is InChI=1S/C18H28BrN/c1-5-14-6-8-15(9-7-14)18(20-4)16-10-12(2)17(19)13(3)11-16/h10-11,14-15,18,20H,5-9H2,1-4H3. The number of nitrogens with one attached hydrogen (secondary N) is 1. The highest BCUT2D eigenvalue weighted by atomic mass is 79.9. The summed E-state index contributed by atoms with van der Waals surface area (Å²) in [5.41, 5.74) is 4.16. The van der Waals surface area contributed by atoms with E-state index in [0.717, 1.165) is 11.8 Å². The molecule has 20 heavy (non-hydrogen) atoms. The molecule has 2 heteroatoms. The molecule has 2 rings (SSSR count). The van der Waals surface area contributed by atoms with Crippen LogP contribution in [0.15, 0.2) is 16.6 Å². The zero-order valence-corrected chi connectivity index (χ0v) is 14.9. The van der Waals surface area contributed by atoms with Gasteiger partial charge in [-0.2, -0.15) is 0 Å². The van der Waals surface area contributed by atoms with Crippen molar-refractivity contribution < 1.29 is 0 Å². The van der Waals surface area contributed by atoms with Gasteiger partial charge in [0, 0.05) is 10.5 Å². The van der Waals surface area contributed by atoms with E-state index >= 15 is 0 Å². The van der Waals surface area contributed by atoms with Gasteiger partial charge in [0.15, 0.2) is 0 Å². The predicted molar refractivity (Wildman–Crippen MR) is 91.2 cm³/mol. The van der Waals surface area contributed by atoms with E-state index in [1.807, 2.05) is 0 Å². The zero-order chi connectivity index (χ0) is 14.7. The Hall–Kier alpha value is -0.340. The van der Waals surface area contributed by atoms with Crippen molar-refractivity contribution in [2.75, 3.05) is 7.05 Å². The van der Waals surface area contributed by atoms with Crippen LogP contribution in [0, 0.1) is 25.7 Å². The van der Waals surface area contributed by atoms with Crippen LogP contribution in [-0.4, -0.2) is 7.05 Å². The molecule has 0 radical (unpaired) electrons. The van der Waals surface area contributed by atoms with Crippen LogP contribution >= 0.6 is 15.9 Å². The summed E-state index contributed by atoms with van der Waals surface area (Å²) >= 11 is 3.68. The highest BCUT2D eigenvalue weighted by Crippen LogP contribution is 2.38. The van der Waals surface area contributed by atoms with Crippen LogP contribution in [-0.2, 0) is 0 Å². The van der Waals surface area contributed by atoms with Crippen LogP contribution in [0.25, 0.3) is 0 Å². The van der Waals surface area contributed by atoms with Gasteiger partial charge in [0.2, 0.25) is 0 Å². The summed E-state index contributed by atoms with van der Waals surface area (Å²) < 4.78 is 1.26. The molecule has 1 N–H and O–H groups in total. The Morgan fingerprint density at radius 2 is 1.70 bits per heavy atom. The van der Waals surface area contributed by atoms with Crippen LogP contribution in [0.4, 0.5) is 0 Å². The molecule has 0 bridgehead atoms. The Kier molecular flexibility index (Phi) is 5.68. The van der Waals surface area contributed by atoms with Gasteiger partial charge in [0.1, 0.15) is 0 Å². The van der Waals surface area contributed by atoms with Crippen LogP contribution in [0.2, 0.25) is 0 Å². The zero-order valence-electron chi connectivity index (χ0n) is 13.3. The Morgan fingerprint density at radius 1 is 1.15 bits per heavy atom. The third-order valence-corrected chi connectivity index (χ3v) is 6.32. The fourth-order valence-electron chi connectivity index (χ4n) is 3.76. The normalized spacial score (nSPS) is 24.6. The molecule has 1 saturated carbocycles. The van der Waals surface area contributed by atoms with Gasteiger partial charge < -0.3 is 5.32 Å². The molecule has 1 aromatic carbocycles. The Balaban J connectivity index is 2.16. The number of rotatable bonds is 4. The first-order valence-corrected chi connectivity index (χ1v) is 8.80. The summed E-state index contributed by atoms with van der Waals surface area (Å²) in [7, 11) is 2.11. The summed E-state index contributed by atoms with van der Waals surface area (Å²) in [5, 5.41) is 3.58. The topological polar surface area (TPSA) is 12.0 Å². The van der Waals surface area contributed by atoms with Crippen LogP contribution in [0.3, 0.4) is 0 Å². The van der Waals surface area contributed by atoms with Crippen molar-refractivity contribution in [1.29, 1.82) is 0 Å². The number of halogens is 1. The summed E-state index contributed by atoms with van der Waals surface area (Å²) in [6.07, 6.45) is 6.92. The van der Waals surface area contributed by atoms with E-state index in [1.54, 1.807) is 0 Å². The molecular formula is C18H28BrN. The minimum absolute atomic E-state index is 0.512. The van der Waals surface area contributed by atoms with E-state index < -0.39 is 0 Å². The van der Waals surface area contributed by atoms with Crippen LogP contribution in [0.5, 0.6) is 0 Å². The molecule has 1 unspecified atom stereocenters. The lowest BCUT2D eigenvalue weighted by molar-refractivity contribution is 0.224. The maximum Gasteiger partial charge on any atom is 0.0346 e. The molecular weight excluding hydrogens is 310 g/mol. The Morgan fingerprint density at radius 3 is 2.15 bits per heavy atom. The predicted octanol–water partition coefficient (Wildman–Crippen LogP) is 5.54. The lowest BCUT2D eigenvalue weighted by Gasteiger charge is -2.34. The second-order valence-electron chi connectivity index (χ2n) is 6.42. The second-order valence-corrected chi connectivity index (χ2v) is 7.22. The molecule has 1 aromatic rings. The average molecular weight is 338 g/mol. The second kappa shape index (κ2) is 7.09. The summed E-state index contributed by atoms with van der Waals surface area (Å²) in [6.45, 7) is 6.73. The van der Waals surface area contributed by atoms with Crippen molar-refractivity contribution in [2.45, 2.75) is 58.9 Å². The van der Waals surface area contributed by atoms with Crippen molar-refractivity contribution in [3.63, 3.8) is 0 Å². The number of hydrogen-bond donors (Lipinski definition) is 1. The Bertz CT molecular complexity index is 424. The van der Waals surface area contributed by atoms with Crippen molar-refractivity contribution in [1.82, 2.24) is 5.32 Å². The molecule has 0 saturated heterocycles. The van der Waals surface area contributed by atoms with Gasteiger partial charge in [-0.3, -0.25) is 0 Å². The Labute approximate surface area is 132 Å². The van der Waals surface area contributed by atoms with E-state index in [2.05, 4.69) is 61.2 Å². The first-order chi connectivity index (χ1) is 9.56.